The van der Waals surface area contributed by atoms with Crippen molar-refractivity contribution in [3.63, 3.8) is 0 Å². The molecule has 1 aromatic heterocycles. The highest BCUT2D eigenvalue weighted by atomic mass is 16.5. The lowest BCUT2D eigenvalue weighted by Crippen LogP contribution is -2.30. The topological polar surface area (TPSA) is 115 Å². The van der Waals surface area contributed by atoms with Crippen molar-refractivity contribution in [2.75, 3.05) is 13.7 Å². The largest absolute Gasteiger partial charge is 0.465 e. The molecule has 0 radical (unpaired) electrons. The van der Waals surface area contributed by atoms with Gasteiger partial charge in [0.15, 0.2) is 6.10 Å². The third kappa shape index (κ3) is 5.79. The number of nitrogens with one attached hydrogen (secondary N) is 2. The average molecular weight is 414 g/mol. The molecule has 0 spiro atoms. The average Bonchev–Trinajstić information content (AvgIpc) is 3.01. The first kappa shape index (κ1) is 22.9. The van der Waals surface area contributed by atoms with Crippen molar-refractivity contribution < 1.29 is 28.7 Å². The van der Waals surface area contributed by atoms with Gasteiger partial charge in [-0.05, 0) is 31.9 Å². The number of esters is 2. The first-order valence-electron chi connectivity index (χ1n) is 9.56. The van der Waals surface area contributed by atoms with E-state index in [0.29, 0.717) is 16.8 Å². The molecule has 0 saturated carbocycles. The highest BCUT2D eigenvalue weighted by Gasteiger charge is 2.27. The van der Waals surface area contributed by atoms with Gasteiger partial charge in [-0.25, -0.2) is 4.79 Å². The highest BCUT2D eigenvalue weighted by molar-refractivity contribution is 6.03. The van der Waals surface area contributed by atoms with Crippen molar-refractivity contribution in [1.29, 1.82) is 0 Å². The maximum Gasteiger partial charge on any atom is 0.339 e. The molecular weight excluding hydrogens is 388 g/mol. The number of Topliss-reactive ketones (excluding diaryl/α,β-unsaturated/α-hetero) is 1. The SMILES string of the molecule is COC(=O)c1c(C)[nH]c(C(=O)C(C)OC(=O)CCNC(=O)Cc2ccccc2)c1C. The fourth-order valence-corrected chi connectivity index (χ4v) is 3.07. The van der Waals surface area contributed by atoms with Gasteiger partial charge in [-0.15, -0.1) is 0 Å². The normalized spacial score (nSPS) is 11.5. The summed E-state index contributed by atoms with van der Waals surface area (Å²) in [4.78, 5) is 51.3. The minimum atomic E-state index is -1.04. The smallest absolute Gasteiger partial charge is 0.339 e. The number of aromatic nitrogens is 1. The van der Waals surface area contributed by atoms with Gasteiger partial charge in [-0.1, -0.05) is 30.3 Å². The molecule has 160 valence electrons. The lowest BCUT2D eigenvalue weighted by Gasteiger charge is -2.12. The summed E-state index contributed by atoms with van der Waals surface area (Å²) in [5, 5.41) is 2.65. The number of carbonyl (C=O) groups excluding carboxylic acids is 4. The number of aromatic amines is 1. The van der Waals surface area contributed by atoms with Crippen molar-refractivity contribution >= 4 is 23.6 Å². The first-order chi connectivity index (χ1) is 14.2. The van der Waals surface area contributed by atoms with Crippen LogP contribution < -0.4 is 5.32 Å². The van der Waals surface area contributed by atoms with E-state index in [2.05, 4.69) is 10.3 Å². The molecule has 8 nitrogen and oxygen atoms in total. The van der Waals surface area contributed by atoms with E-state index in [1.165, 1.54) is 14.0 Å². The number of rotatable bonds is 9. The van der Waals surface area contributed by atoms with E-state index in [-0.39, 0.29) is 31.0 Å². The molecule has 1 aromatic carbocycles. The van der Waals surface area contributed by atoms with Gasteiger partial charge in [-0.2, -0.15) is 0 Å². The molecule has 0 aliphatic carbocycles. The van der Waals surface area contributed by atoms with Crippen LogP contribution in [0.3, 0.4) is 0 Å². The third-order valence-electron chi connectivity index (χ3n) is 4.61. The summed E-state index contributed by atoms with van der Waals surface area (Å²) in [6, 6.07) is 9.25. The molecular formula is C22H26N2O6. The summed E-state index contributed by atoms with van der Waals surface area (Å²) in [5.41, 5.74) is 2.31. The number of H-pyrrole nitrogens is 1. The first-order valence-corrected chi connectivity index (χ1v) is 9.56. The summed E-state index contributed by atoms with van der Waals surface area (Å²) in [6.45, 7) is 4.85. The molecule has 30 heavy (non-hydrogen) atoms. The van der Waals surface area contributed by atoms with Crippen LogP contribution in [-0.2, 0) is 25.5 Å². The van der Waals surface area contributed by atoms with E-state index in [1.54, 1.807) is 13.8 Å². The van der Waals surface area contributed by atoms with Crippen LogP contribution in [0.4, 0.5) is 0 Å². The zero-order chi connectivity index (χ0) is 22.3. The van der Waals surface area contributed by atoms with Crippen LogP contribution in [0.2, 0.25) is 0 Å². The van der Waals surface area contributed by atoms with Crippen LogP contribution in [0.25, 0.3) is 0 Å². The number of carbonyl (C=O) groups is 4. The highest BCUT2D eigenvalue weighted by Crippen LogP contribution is 2.20. The fraction of sp³-hybridized carbons (Fsp3) is 0.364. The molecule has 0 bridgehead atoms. The fourth-order valence-electron chi connectivity index (χ4n) is 3.07. The van der Waals surface area contributed by atoms with E-state index in [0.717, 1.165) is 5.56 Å². The van der Waals surface area contributed by atoms with Crippen LogP contribution in [-0.4, -0.2) is 48.4 Å². The second-order valence-corrected chi connectivity index (χ2v) is 6.88. The van der Waals surface area contributed by atoms with Crippen LogP contribution in [0, 0.1) is 13.8 Å². The molecule has 1 atom stereocenters. The van der Waals surface area contributed by atoms with E-state index in [1.807, 2.05) is 30.3 Å². The molecule has 2 rings (SSSR count). The molecule has 0 fully saturated rings. The Balaban J connectivity index is 1.85. The molecule has 8 heteroatoms. The molecule has 0 saturated heterocycles. The van der Waals surface area contributed by atoms with Gasteiger partial charge in [0.1, 0.15) is 0 Å². The Kier molecular flexibility index (Phi) is 7.91. The standard InChI is InChI=1S/C22H26N2O6/c1-13-19(22(28)29-4)14(2)24-20(13)21(27)15(3)30-18(26)10-11-23-17(25)12-16-8-6-5-7-9-16/h5-9,15,24H,10-12H2,1-4H3,(H,23,25). The van der Waals surface area contributed by atoms with Gasteiger partial charge in [-0.3, -0.25) is 14.4 Å². The van der Waals surface area contributed by atoms with Crippen LogP contribution in [0.5, 0.6) is 0 Å². The molecule has 0 aliphatic heterocycles. The number of hydrogen-bond acceptors (Lipinski definition) is 6. The number of hydrogen-bond donors (Lipinski definition) is 2. The monoisotopic (exact) mass is 414 g/mol. The molecule has 2 aromatic rings. The summed E-state index contributed by atoms with van der Waals surface area (Å²) >= 11 is 0. The predicted octanol–water partition coefficient (Wildman–Crippen LogP) is 2.28. The minimum Gasteiger partial charge on any atom is -0.465 e. The molecule has 1 amide bonds. The van der Waals surface area contributed by atoms with Gasteiger partial charge >= 0.3 is 11.9 Å². The predicted molar refractivity (Wildman–Crippen MR) is 109 cm³/mol. The Morgan fingerprint density at radius 1 is 1.10 bits per heavy atom. The van der Waals surface area contributed by atoms with Crippen molar-refractivity contribution in [2.45, 2.75) is 39.7 Å². The number of benzene rings is 1. The molecule has 1 unspecified atom stereocenters. The van der Waals surface area contributed by atoms with Crippen molar-refractivity contribution in [3.05, 3.63) is 58.4 Å². The van der Waals surface area contributed by atoms with Crippen LogP contribution in [0.1, 0.15) is 51.0 Å². The third-order valence-corrected chi connectivity index (χ3v) is 4.61. The summed E-state index contributed by atoms with van der Waals surface area (Å²) in [6.07, 6.45) is -0.882. The molecule has 1 heterocycles. The van der Waals surface area contributed by atoms with E-state index >= 15 is 0 Å². The lowest BCUT2D eigenvalue weighted by molar-refractivity contribution is -0.146. The van der Waals surface area contributed by atoms with Gasteiger partial charge < -0.3 is 19.8 Å². The zero-order valence-corrected chi connectivity index (χ0v) is 17.5. The number of ketones is 1. The molecule has 0 aliphatic rings. The maximum atomic E-state index is 12.6. The minimum absolute atomic E-state index is 0.0612. The number of aryl methyl sites for hydroxylation is 1. The van der Waals surface area contributed by atoms with E-state index in [4.69, 9.17) is 9.47 Å². The zero-order valence-electron chi connectivity index (χ0n) is 17.5. The quantitative estimate of drug-likeness (QED) is 0.481. The van der Waals surface area contributed by atoms with Crippen LogP contribution in [0.15, 0.2) is 30.3 Å². The Hall–Kier alpha value is -3.42. The number of amides is 1. The van der Waals surface area contributed by atoms with Gasteiger partial charge in [0.25, 0.3) is 0 Å². The van der Waals surface area contributed by atoms with Crippen molar-refractivity contribution in [3.8, 4) is 0 Å². The summed E-state index contributed by atoms with van der Waals surface area (Å²) in [5.74, 6) is -1.81. The second kappa shape index (κ2) is 10.4. The Bertz CT molecular complexity index is 933. The van der Waals surface area contributed by atoms with E-state index < -0.39 is 23.8 Å². The van der Waals surface area contributed by atoms with Crippen molar-refractivity contribution in [1.82, 2.24) is 10.3 Å². The second-order valence-electron chi connectivity index (χ2n) is 6.88. The van der Waals surface area contributed by atoms with Crippen LogP contribution >= 0.6 is 0 Å². The number of methoxy groups -OCH3 is 1. The number of ether oxygens (including phenoxy) is 2. The van der Waals surface area contributed by atoms with Gasteiger partial charge in [0, 0.05) is 12.2 Å². The molecule has 2 N–H and O–H groups in total. The van der Waals surface area contributed by atoms with Crippen molar-refractivity contribution in [2.24, 2.45) is 0 Å². The maximum absolute atomic E-state index is 12.6. The van der Waals surface area contributed by atoms with Gasteiger partial charge in [0.2, 0.25) is 11.7 Å². The van der Waals surface area contributed by atoms with E-state index in [9.17, 15) is 19.2 Å². The Morgan fingerprint density at radius 3 is 2.40 bits per heavy atom. The Morgan fingerprint density at radius 2 is 1.77 bits per heavy atom. The summed E-state index contributed by atoms with van der Waals surface area (Å²) < 4.78 is 9.91. The lowest BCUT2D eigenvalue weighted by atomic mass is 10.1. The summed E-state index contributed by atoms with van der Waals surface area (Å²) in [7, 11) is 1.26. The Labute approximate surface area is 175 Å². The van der Waals surface area contributed by atoms with Gasteiger partial charge in [0.05, 0.1) is 31.2 Å².